The maximum atomic E-state index is 11.3. The largest absolute Gasteiger partial charge is 2.00 e. The molecule has 1 heterocycles. The Labute approximate surface area is 135 Å². The second-order valence-electron chi connectivity index (χ2n) is 4.02. The second-order valence-corrected chi connectivity index (χ2v) is 4.02. The van der Waals surface area contributed by atoms with Crippen molar-refractivity contribution in [1.82, 2.24) is 5.43 Å². The van der Waals surface area contributed by atoms with E-state index in [0.29, 0.717) is 12.3 Å². The van der Waals surface area contributed by atoms with E-state index in [-0.39, 0.29) is 23.0 Å². The number of hydrogen-bond donors (Lipinski definition) is 1. The first kappa shape index (κ1) is 17.0. The van der Waals surface area contributed by atoms with Crippen molar-refractivity contribution in [3.8, 4) is 0 Å². The van der Waals surface area contributed by atoms with Crippen LogP contribution in [0.5, 0.6) is 0 Å². The molecule has 21 heavy (non-hydrogen) atoms. The number of nitrogens with one attached hydrogen (secondary N) is 1. The molecule has 1 N–H and O–H groups in total. The van der Waals surface area contributed by atoms with Gasteiger partial charge in [0.15, 0.2) is 0 Å². The third-order valence-corrected chi connectivity index (χ3v) is 2.59. The molecule has 110 valence electrons. The van der Waals surface area contributed by atoms with Gasteiger partial charge in [-0.3, -0.25) is 0 Å². The normalized spacial score (nSPS) is 14.4. The summed E-state index contributed by atoms with van der Waals surface area (Å²) in [7, 11) is 0. The Balaban J connectivity index is 0.000000313. The fourth-order valence-corrected chi connectivity index (χ4v) is 1.65. The van der Waals surface area contributed by atoms with Gasteiger partial charge in [-0.2, -0.15) is 18.2 Å². The van der Waals surface area contributed by atoms with Gasteiger partial charge in [0.25, 0.3) is 0 Å². The van der Waals surface area contributed by atoms with Gasteiger partial charge in [-0.25, -0.2) is 16.9 Å². The van der Waals surface area contributed by atoms with Crippen LogP contribution in [-0.4, -0.2) is 12.6 Å². The van der Waals surface area contributed by atoms with Gasteiger partial charge in [0.05, 0.1) is 6.61 Å². The molecule has 1 aliphatic carbocycles. The number of allylic oxidation sites excluding steroid dienone is 6. The van der Waals surface area contributed by atoms with Crippen LogP contribution in [0.2, 0.25) is 0 Å². The van der Waals surface area contributed by atoms with Crippen LogP contribution < -0.4 is 5.43 Å². The quantitative estimate of drug-likeness (QED) is 0.517. The smallest absolute Gasteiger partial charge is 0.597 e. The molecule has 0 aromatic heterocycles. The average molecular weight is 324 g/mol. The fourth-order valence-electron chi connectivity index (χ4n) is 1.65. The molecule has 0 spiro atoms. The van der Waals surface area contributed by atoms with Crippen molar-refractivity contribution in [2.45, 2.75) is 6.92 Å². The standard InChI is InChI=1S/C11H11N2O2.C5H5.Fe/c1-2-15-11(14)10-7-9(12-13-10)8-5-3-4-6-8;1-2-4-5-3-1;/h3-7,13H,2H2,1H3;1-5H;/q2*-1;+2. The molecule has 1 aliphatic heterocycles. The van der Waals surface area contributed by atoms with Crippen LogP contribution in [0.1, 0.15) is 6.92 Å². The first-order valence-electron chi connectivity index (χ1n) is 6.42. The van der Waals surface area contributed by atoms with Gasteiger partial charge >= 0.3 is 23.0 Å². The van der Waals surface area contributed by atoms with Crippen molar-refractivity contribution in [1.29, 1.82) is 0 Å². The minimum Gasteiger partial charge on any atom is -0.597 e. The topological polar surface area (TPSA) is 52.4 Å². The van der Waals surface area contributed by atoms with E-state index in [1.807, 2.05) is 54.6 Å². The number of nitrogens with zero attached hydrogens (tertiary/aromatic N) is 1. The van der Waals surface area contributed by atoms with Crippen LogP contribution in [0.4, 0.5) is 0 Å². The van der Waals surface area contributed by atoms with Gasteiger partial charge in [0, 0.05) is 0 Å². The molecule has 1 aromatic rings. The Bertz CT molecular complexity index is 538. The summed E-state index contributed by atoms with van der Waals surface area (Å²) in [4.78, 5) is 11.3. The summed E-state index contributed by atoms with van der Waals surface area (Å²) in [5, 5.41) is 0. The van der Waals surface area contributed by atoms with Gasteiger partial charge in [0.1, 0.15) is 5.70 Å². The Morgan fingerprint density at radius 2 is 1.95 bits per heavy atom. The third-order valence-electron chi connectivity index (χ3n) is 2.59. The SMILES string of the molecule is CCOC(=O)C1=CC(=C2C=CC=C2)[N-]N1.[Fe+2].c1cc[cH-]c1. The Morgan fingerprint density at radius 1 is 1.29 bits per heavy atom. The summed E-state index contributed by atoms with van der Waals surface area (Å²) in [6.07, 6.45) is 9.41. The summed E-state index contributed by atoms with van der Waals surface area (Å²) in [6.45, 7) is 2.13. The van der Waals surface area contributed by atoms with Crippen molar-refractivity contribution in [3.63, 3.8) is 0 Å². The number of carbonyl (C=O) groups excluding carboxylic acids is 1. The molecule has 0 atom stereocenters. The maximum Gasteiger partial charge on any atom is 2.00 e. The van der Waals surface area contributed by atoms with Crippen LogP contribution >= 0.6 is 0 Å². The summed E-state index contributed by atoms with van der Waals surface area (Å²) < 4.78 is 4.85. The van der Waals surface area contributed by atoms with E-state index in [9.17, 15) is 4.79 Å². The molecule has 2 aliphatic rings. The van der Waals surface area contributed by atoms with Crippen LogP contribution in [0, 0.1) is 0 Å². The fraction of sp³-hybridized carbons (Fsp3) is 0.125. The number of rotatable bonds is 2. The summed E-state index contributed by atoms with van der Waals surface area (Å²) in [6, 6.07) is 10.0. The van der Waals surface area contributed by atoms with Gasteiger partial charge in [-0.05, 0) is 18.6 Å². The molecule has 0 radical (unpaired) electrons. The summed E-state index contributed by atoms with van der Waals surface area (Å²) in [5.74, 6) is -0.372. The molecular formula is C16H16FeN2O2. The molecule has 5 heteroatoms. The van der Waals surface area contributed by atoms with Gasteiger partial charge < -0.3 is 15.6 Å². The molecular weight excluding hydrogens is 308 g/mol. The van der Waals surface area contributed by atoms with E-state index in [0.717, 1.165) is 11.3 Å². The average Bonchev–Trinajstić information content (AvgIpc) is 3.21. The molecule has 0 amide bonds. The van der Waals surface area contributed by atoms with Gasteiger partial charge in [0.2, 0.25) is 0 Å². The van der Waals surface area contributed by atoms with E-state index in [4.69, 9.17) is 4.74 Å². The van der Waals surface area contributed by atoms with Crippen molar-refractivity contribution >= 4 is 5.97 Å². The number of esters is 1. The second kappa shape index (κ2) is 8.95. The van der Waals surface area contributed by atoms with Crippen molar-refractivity contribution < 1.29 is 26.6 Å². The molecule has 0 saturated heterocycles. The number of hydrogen-bond acceptors (Lipinski definition) is 3. The molecule has 0 unspecified atom stereocenters. The molecule has 0 bridgehead atoms. The Hall–Kier alpha value is -2.10. The zero-order valence-electron chi connectivity index (χ0n) is 11.6. The van der Waals surface area contributed by atoms with E-state index in [2.05, 4.69) is 10.9 Å². The third kappa shape index (κ3) is 5.06. The Kier molecular flexibility index (Phi) is 7.22. The predicted octanol–water partition coefficient (Wildman–Crippen LogP) is 3.11. The maximum absolute atomic E-state index is 11.3. The number of ether oxygens (including phenoxy) is 1. The van der Waals surface area contributed by atoms with E-state index in [1.165, 1.54) is 0 Å². The predicted molar refractivity (Wildman–Crippen MR) is 78.6 cm³/mol. The molecule has 3 rings (SSSR count). The van der Waals surface area contributed by atoms with Crippen LogP contribution in [-0.2, 0) is 26.6 Å². The minimum absolute atomic E-state index is 0. The zero-order valence-corrected chi connectivity index (χ0v) is 12.7. The van der Waals surface area contributed by atoms with Crippen LogP contribution in [0.3, 0.4) is 0 Å². The van der Waals surface area contributed by atoms with Gasteiger partial charge in [-0.15, -0.1) is 5.70 Å². The molecule has 0 fully saturated rings. The van der Waals surface area contributed by atoms with Gasteiger partial charge in [-0.1, -0.05) is 24.3 Å². The van der Waals surface area contributed by atoms with E-state index < -0.39 is 0 Å². The molecule has 0 saturated carbocycles. The van der Waals surface area contributed by atoms with Crippen molar-refractivity contribution in [2.75, 3.05) is 6.61 Å². The van der Waals surface area contributed by atoms with E-state index in [1.54, 1.807) is 13.0 Å². The summed E-state index contributed by atoms with van der Waals surface area (Å²) in [5.41, 5.74) is 8.81. The minimum atomic E-state index is -0.372. The monoisotopic (exact) mass is 324 g/mol. The first-order chi connectivity index (χ1) is 9.81. The Morgan fingerprint density at radius 3 is 2.48 bits per heavy atom. The first-order valence-corrected chi connectivity index (χ1v) is 6.42. The van der Waals surface area contributed by atoms with Crippen LogP contribution in [0.25, 0.3) is 5.43 Å². The van der Waals surface area contributed by atoms with Crippen molar-refractivity contribution in [3.05, 3.63) is 83.1 Å². The molecule has 1 aromatic carbocycles. The number of carbonyl (C=O) groups is 1. The summed E-state index contributed by atoms with van der Waals surface area (Å²) >= 11 is 0. The molecule has 4 nitrogen and oxygen atoms in total. The van der Waals surface area contributed by atoms with Crippen molar-refractivity contribution in [2.24, 2.45) is 0 Å². The zero-order chi connectivity index (χ0) is 14.2. The van der Waals surface area contributed by atoms with Crippen LogP contribution in [0.15, 0.2) is 77.7 Å². The van der Waals surface area contributed by atoms with E-state index >= 15 is 0 Å².